The van der Waals surface area contributed by atoms with Gasteiger partial charge in [-0.3, -0.25) is 0 Å². The van der Waals surface area contributed by atoms with Crippen molar-refractivity contribution in [2.75, 3.05) is 0 Å². The highest BCUT2D eigenvalue weighted by molar-refractivity contribution is 7.88. The molecule has 1 heterocycles. The Bertz CT molecular complexity index is 736. The number of alkyl halides is 3. The summed E-state index contributed by atoms with van der Waals surface area (Å²) >= 11 is 0. The largest absolute Gasteiger partial charge is 0.534 e. The maximum Gasteiger partial charge on any atom is 0.534 e. The van der Waals surface area contributed by atoms with Crippen LogP contribution in [0.3, 0.4) is 0 Å². The predicted octanol–water partition coefficient (Wildman–Crippen LogP) is 2.51. The summed E-state index contributed by atoms with van der Waals surface area (Å²) in [5.41, 5.74) is -5.41. The Kier molecular flexibility index (Phi) is 3.55. The van der Waals surface area contributed by atoms with Crippen molar-refractivity contribution in [2.45, 2.75) is 32.1 Å². The van der Waals surface area contributed by atoms with E-state index >= 15 is 0 Å². The molecule has 0 amide bonds. The fraction of sp³-hybridized carbons (Fsp3) is 0.417. The van der Waals surface area contributed by atoms with Crippen molar-refractivity contribution < 1.29 is 40.0 Å². The summed E-state index contributed by atoms with van der Waals surface area (Å²) in [6.07, 6.45) is 0. The molecule has 22 heavy (non-hydrogen) atoms. The van der Waals surface area contributed by atoms with E-state index in [-0.39, 0.29) is 16.9 Å². The first kappa shape index (κ1) is 16.4. The molecule has 122 valence electrons. The van der Waals surface area contributed by atoms with Gasteiger partial charge in [-0.25, -0.2) is 4.79 Å². The van der Waals surface area contributed by atoms with E-state index in [1.165, 1.54) is 20.8 Å². The summed E-state index contributed by atoms with van der Waals surface area (Å²) in [5, 5.41) is 0. The van der Waals surface area contributed by atoms with Gasteiger partial charge in [0.1, 0.15) is 17.1 Å². The van der Waals surface area contributed by atoms with Crippen LogP contribution in [0.1, 0.15) is 29.8 Å². The second-order valence-corrected chi connectivity index (χ2v) is 6.53. The Morgan fingerprint density at radius 2 is 1.77 bits per heavy atom. The van der Waals surface area contributed by atoms with Gasteiger partial charge in [-0.05, 0) is 18.6 Å². The monoisotopic (exact) mass is 340 g/mol. The number of benzene rings is 1. The molecule has 0 radical (unpaired) electrons. The Morgan fingerprint density at radius 1 is 1.18 bits per heavy atom. The molecule has 2 rings (SSSR count). The number of hydrogen-bond donors (Lipinski definition) is 0. The molecule has 1 aliphatic rings. The summed E-state index contributed by atoms with van der Waals surface area (Å²) < 4.78 is 73.3. The van der Waals surface area contributed by atoms with Crippen molar-refractivity contribution in [3.05, 3.63) is 23.3 Å². The zero-order valence-corrected chi connectivity index (χ0v) is 12.5. The summed E-state index contributed by atoms with van der Waals surface area (Å²) in [6.45, 7) is 4.22. The first-order valence-electron chi connectivity index (χ1n) is 5.90. The van der Waals surface area contributed by atoms with Crippen LogP contribution in [-0.2, 0) is 14.9 Å². The van der Waals surface area contributed by atoms with Gasteiger partial charge in [0, 0.05) is 19.9 Å². The van der Waals surface area contributed by atoms with Crippen LogP contribution in [0.25, 0.3) is 0 Å². The van der Waals surface area contributed by atoms with Gasteiger partial charge in [0.05, 0.1) is 0 Å². The zero-order valence-electron chi connectivity index (χ0n) is 11.6. The lowest BCUT2D eigenvalue weighted by Crippen LogP contribution is -2.39. The maximum absolute atomic E-state index is 12.3. The summed E-state index contributed by atoms with van der Waals surface area (Å²) in [7, 11) is -5.81. The molecule has 0 aliphatic carbocycles. The van der Waals surface area contributed by atoms with E-state index in [0.717, 1.165) is 12.1 Å². The lowest BCUT2D eigenvalue weighted by molar-refractivity contribution is -0.127. The zero-order chi connectivity index (χ0) is 16.9. The van der Waals surface area contributed by atoms with Gasteiger partial charge in [-0.1, -0.05) is 0 Å². The molecule has 1 aromatic carbocycles. The SMILES string of the molecule is Cc1cc(OS(=O)(=O)C(F)(F)F)cc2c1C(=O)OC(C)(C)O2. The van der Waals surface area contributed by atoms with Gasteiger partial charge in [-0.15, -0.1) is 0 Å². The van der Waals surface area contributed by atoms with E-state index in [4.69, 9.17) is 9.47 Å². The van der Waals surface area contributed by atoms with E-state index in [2.05, 4.69) is 4.18 Å². The lowest BCUT2D eigenvalue weighted by atomic mass is 10.1. The molecular weight excluding hydrogens is 329 g/mol. The van der Waals surface area contributed by atoms with Gasteiger partial charge in [0.2, 0.25) is 5.79 Å². The highest BCUT2D eigenvalue weighted by atomic mass is 32.2. The minimum absolute atomic E-state index is 0.00363. The number of hydrogen-bond acceptors (Lipinski definition) is 6. The van der Waals surface area contributed by atoms with Crippen molar-refractivity contribution in [2.24, 2.45) is 0 Å². The van der Waals surface area contributed by atoms with Crippen molar-refractivity contribution in [3.63, 3.8) is 0 Å². The molecule has 0 spiro atoms. The highest BCUT2D eigenvalue weighted by Crippen LogP contribution is 2.37. The number of fused-ring (bicyclic) bond motifs is 1. The van der Waals surface area contributed by atoms with Crippen molar-refractivity contribution >= 4 is 16.1 Å². The fourth-order valence-electron chi connectivity index (χ4n) is 1.85. The number of esters is 1. The van der Waals surface area contributed by atoms with Crippen molar-refractivity contribution in [1.29, 1.82) is 0 Å². The van der Waals surface area contributed by atoms with E-state index in [1.807, 2.05) is 0 Å². The maximum atomic E-state index is 12.3. The molecule has 1 aliphatic heterocycles. The lowest BCUT2D eigenvalue weighted by Gasteiger charge is -2.32. The van der Waals surface area contributed by atoms with Gasteiger partial charge in [0.25, 0.3) is 0 Å². The van der Waals surface area contributed by atoms with Crippen LogP contribution < -0.4 is 8.92 Å². The van der Waals surface area contributed by atoms with Gasteiger partial charge < -0.3 is 13.7 Å². The standard InChI is InChI=1S/C12H11F3O6S/c1-6-4-7(21-22(17,18)12(13,14)15)5-8-9(6)10(16)20-11(2,3)19-8/h4-5H,1-3H3. The molecule has 6 nitrogen and oxygen atoms in total. The summed E-state index contributed by atoms with van der Waals surface area (Å²) in [4.78, 5) is 11.8. The Labute approximate surface area is 123 Å². The third kappa shape index (κ3) is 2.96. The third-order valence-corrected chi connectivity index (χ3v) is 3.64. The van der Waals surface area contributed by atoms with Crippen LogP contribution >= 0.6 is 0 Å². The Morgan fingerprint density at radius 3 is 2.32 bits per heavy atom. The van der Waals surface area contributed by atoms with Gasteiger partial charge >= 0.3 is 21.6 Å². The normalized spacial score (nSPS) is 17.3. The van der Waals surface area contributed by atoms with E-state index in [1.54, 1.807) is 0 Å². The van der Waals surface area contributed by atoms with Crippen LogP contribution in [0, 0.1) is 6.92 Å². The molecule has 0 atom stereocenters. The fourth-order valence-corrected chi connectivity index (χ4v) is 2.29. The predicted molar refractivity (Wildman–Crippen MR) is 66.9 cm³/mol. The van der Waals surface area contributed by atoms with Crippen molar-refractivity contribution in [1.82, 2.24) is 0 Å². The molecule has 0 saturated heterocycles. The number of aryl methyl sites for hydroxylation is 1. The quantitative estimate of drug-likeness (QED) is 0.468. The Hall–Kier alpha value is -1.97. The number of carbonyl (C=O) groups excluding carboxylic acids is 1. The number of rotatable bonds is 2. The molecule has 0 aromatic heterocycles. The van der Waals surface area contributed by atoms with Crippen LogP contribution in [0.2, 0.25) is 0 Å². The minimum Gasteiger partial charge on any atom is -0.452 e. The van der Waals surface area contributed by atoms with E-state index in [0.29, 0.717) is 0 Å². The molecular formula is C12H11F3O6S. The number of cyclic esters (lactones) is 1. The molecule has 10 heteroatoms. The average Bonchev–Trinajstić information content (AvgIpc) is 2.22. The first-order chi connectivity index (χ1) is 9.82. The summed E-state index contributed by atoms with van der Waals surface area (Å²) in [6, 6.07) is 1.87. The molecule has 0 saturated carbocycles. The Balaban J connectivity index is 2.47. The van der Waals surface area contributed by atoms with Gasteiger partial charge in [-0.2, -0.15) is 21.6 Å². The van der Waals surface area contributed by atoms with Crippen LogP contribution in [0.15, 0.2) is 12.1 Å². The minimum atomic E-state index is -5.81. The smallest absolute Gasteiger partial charge is 0.452 e. The van der Waals surface area contributed by atoms with Gasteiger partial charge in [0.15, 0.2) is 0 Å². The molecule has 0 fully saturated rings. The van der Waals surface area contributed by atoms with E-state index < -0.39 is 33.1 Å². The van der Waals surface area contributed by atoms with Crippen LogP contribution in [0.5, 0.6) is 11.5 Å². The van der Waals surface area contributed by atoms with Crippen molar-refractivity contribution in [3.8, 4) is 11.5 Å². The molecule has 0 unspecified atom stereocenters. The van der Waals surface area contributed by atoms with E-state index in [9.17, 15) is 26.4 Å². The van der Waals surface area contributed by atoms with Crippen LogP contribution in [-0.4, -0.2) is 25.7 Å². The number of ether oxygens (including phenoxy) is 2. The second kappa shape index (κ2) is 4.77. The average molecular weight is 340 g/mol. The topological polar surface area (TPSA) is 78.9 Å². The first-order valence-corrected chi connectivity index (χ1v) is 7.31. The molecule has 0 bridgehead atoms. The summed E-state index contributed by atoms with van der Waals surface area (Å²) in [5.74, 6) is -2.79. The second-order valence-electron chi connectivity index (χ2n) is 4.99. The van der Waals surface area contributed by atoms with Crippen LogP contribution in [0.4, 0.5) is 13.2 Å². The highest BCUT2D eigenvalue weighted by Gasteiger charge is 2.48. The molecule has 1 aromatic rings. The third-order valence-electron chi connectivity index (χ3n) is 2.66. The molecule has 0 N–H and O–H groups in total. The number of halogens is 3. The number of carbonyl (C=O) groups is 1.